The standard InChI is InChI=1S/C42H40N5P3S3/c1-8-46(9-2)50(53)38-23-29(32-17-11-14-26(4)44-32)21-36-41(38)47-40-34(48(36,6)51)19-28(31-16-10-13-25(3)43-31)20-35(40)49(7,52)37-22-30(24-39(50)42(37)47)33-18-12-15-27(5)45-33/h10-24H,8-9H2,1-7H3. The van der Waals surface area contributed by atoms with Crippen LogP contribution >= 0.6 is 18.3 Å². The second-order valence-corrected chi connectivity index (χ2v) is 28.8. The summed E-state index contributed by atoms with van der Waals surface area (Å²) in [6, 6.07) is 28.0. The number of rotatable bonds is 6. The monoisotopic (exact) mass is 803 g/mol. The maximum absolute atomic E-state index is 7.28. The van der Waals surface area contributed by atoms with Crippen LogP contribution in [0.4, 0.5) is 17.1 Å². The molecule has 53 heavy (non-hydrogen) atoms. The highest BCUT2D eigenvalue weighted by molar-refractivity contribution is 8.24. The Balaban J connectivity index is 1.48. The van der Waals surface area contributed by atoms with Crippen LogP contribution in [0, 0.1) is 20.8 Å². The Morgan fingerprint density at radius 2 is 0.811 bits per heavy atom. The van der Waals surface area contributed by atoms with E-state index in [4.69, 9.17) is 50.4 Å². The quantitative estimate of drug-likeness (QED) is 0.157. The van der Waals surface area contributed by atoms with E-state index in [9.17, 15) is 0 Å². The Kier molecular flexibility index (Phi) is 8.32. The Bertz CT molecular complexity index is 2590. The van der Waals surface area contributed by atoms with Crippen molar-refractivity contribution in [2.45, 2.75) is 34.6 Å². The summed E-state index contributed by atoms with van der Waals surface area (Å²) in [6.45, 7) is 16.9. The molecule has 0 spiro atoms. The van der Waals surface area contributed by atoms with Crippen LogP contribution in [-0.2, 0) is 35.4 Å². The van der Waals surface area contributed by atoms with Gasteiger partial charge >= 0.3 is 0 Å². The molecule has 3 aliphatic rings. The van der Waals surface area contributed by atoms with Gasteiger partial charge in [0.25, 0.3) is 0 Å². The Labute approximate surface area is 328 Å². The number of pyridine rings is 3. The van der Waals surface area contributed by atoms with E-state index in [0.29, 0.717) is 0 Å². The average molecular weight is 804 g/mol. The number of aromatic nitrogens is 3. The normalized spacial score (nSPS) is 21.8. The molecule has 0 bridgehead atoms. The first-order chi connectivity index (χ1) is 25.3. The molecule has 5 nitrogen and oxygen atoms in total. The van der Waals surface area contributed by atoms with Gasteiger partial charge in [-0.05, 0) is 107 Å². The van der Waals surface area contributed by atoms with Crippen molar-refractivity contribution in [3.8, 4) is 33.8 Å². The average Bonchev–Trinajstić information content (AvgIpc) is 3.14. The molecule has 6 aromatic rings. The highest BCUT2D eigenvalue weighted by atomic mass is 32.4. The van der Waals surface area contributed by atoms with Gasteiger partial charge in [-0.1, -0.05) is 67.5 Å². The largest absolute Gasteiger partial charge is 0.306 e. The molecule has 3 aromatic carbocycles. The maximum Gasteiger partial charge on any atom is 0.0752 e. The predicted molar refractivity (Wildman–Crippen MR) is 240 cm³/mol. The molecule has 6 heterocycles. The third kappa shape index (κ3) is 5.10. The molecule has 11 heteroatoms. The second-order valence-electron chi connectivity index (χ2n) is 14.5. The fourth-order valence-electron chi connectivity index (χ4n) is 8.47. The third-order valence-corrected chi connectivity index (χ3v) is 23.7. The van der Waals surface area contributed by atoms with Gasteiger partial charge in [0.05, 0.1) is 40.3 Å². The maximum atomic E-state index is 7.28. The number of benzene rings is 3. The molecule has 0 aliphatic carbocycles. The van der Waals surface area contributed by atoms with Gasteiger partial charge in [-0.15, -0.1) is 0 Å². The predicted octanol–water partition coefficient (Wildman–Crippen LogP) is 8.02. The number of anilines is 3. The van der Waals surface area contributed by atoms with E-state index in [2.05, 4.69) is 136 Å². The number of aryl methyl sites for hydroxylation is 3. The summed E-state index contributed by atoms with van der Waals surface area (Å²) in [5.74, 6) is 0. The molecule has 0 radical (unpaired) electrons. The first-order valence-corrected chi connectivity index (χ1v) is 27.2. The molecule has 3 aliphatic heterocycles. The van der Waals surface area contributed by atoms with E-state index < -0.39 is 18.3 Å². The van der Waals surface area contributed by atoms with Crippen LogP contribution in [0.5, 0.6) is 0 Å². The van der Waals surface area contributed by atoms with Crippen LogP contribution < -0.4 is 36.7 Å². The summed E-state index contributed by atoms with van der Waals surface area (Å²) < 4.78 is 2.54. The fraction of sp³-hybridized carbons (Fsp3) is 0.214. The van der Waals surface area contributed by atoms with Crippen LogP contribution in [0.2, 0.25) is 0 Å². The first kappa shape index (κ1) is 35.5. The van der Waals surface area contributed by atoms with Gasteiger partial charge in [-0.25, -0.2) is 0 Å². The van der Waals surface area contributed by atoms with E-state index in [-0.39, 0.29) is 0 Å². The minimum Gasteiger partial charge on any atom is -0.306 e. The van der Waals surface area contributed by atoms with Crippen LogP contribution in [-0.4, -0.2) is 46.0 Å². The zero-order chi connectivity index (χ0) is 37.2. The third-order valence-electron chi connectivity index (χ3n) is 11.1. The van der Waals surface area contributed by atoms with Crippen molar-refractivity contribution in [2.24, 2.45) is 0 Å². The molecule has 0 amide bonds. The van der Waals surface area contributed by atoms with Gasteiger partial charge in [0.15, 0.2) is 0 Å². The molecule has 2 atom stereocenters. The smallest absolute Gasteiger partial charge is 0.0752 e. The van der Waals surface area contributed by atoms with Gasteiger partial charge < -0.3 is 4.90 Å². The van der Waals surface area contributed by atoms with E-state index in [1.54, 1.807) is 0 Å². The summed E-state index contributed by atoms with van der Waals surface area (Å²) in [7, 11) is 0. The molecule has 266 valence electrons. The molecule has 2 unspecified atom stereocenters. The molecular formula is C42H40N5P3S3. The number of hydrogen-bond acceptors (Lipinski definition) is 7. The first-order valence-electron chi connectivity index (χ1n) is 18.0. The van der Waals surface area contributed by atoms with Crippen molar-refractivity contribution in [3.05, 3.63) is 108 Å². The van der Waals surface area contributed by atoms with E-state index >= 15 is 0 Å². The van der Waals surface area contributed by atoms with Gasteiger partial charge in [0.1, 0.15) is 0 Å². The summed E-state index contributed by atoms with van der Waals surface area (Å²) in [4.78, 5) is 17.6. The summed E-state index contributed by atoms with van der Waals surface area (Å²) in [6.07, 6.45) is -2.65. The van der Waals surface area contributed by atoms with E-state index in [0.717, 1.165) is 63.9 Å². The van der Waals surface area contributed by atoms with Crippen LogP contribution in [0.25, 0.3) is 33.8 Å². The summed E-state index contributed by atoms with van der Waals surface area (Å²) in [5, 5.41) is 7.19. The van der Waals surface area contributed by atoms with Crippen molar-refractivity contribution in [3.63, 3.8) is 0 Å². The lowest BCUT2D eigenvalue weighted by molar-refractivity contribution is 0.513. The van der Waals surface area contributed by atoms with E-state index in [1.807, 2.05) is 13.0 Å². The van der Waals surface area contributed by atoms with Crippen molar-refractivity contribution in [1.29, 1.82) is 0 Å². The molecule has 9 rings (SSSR count). The van der Waals surface area contributed by atoms with E-state index in [1.165, 1.54) is 48.9 Å². The number of hydrogen-bond donors (Lipinski definition) is 0. The minimum absolute atomic E-state index is 0.826. The summed E-state index contributed by atoms with van der Waals surface area (Å²) >= 11 is 21.3. The van der Waals surface area contributed by atoms with Crippen LogP contribution in [0.1, 0.15) is 30.9 Å². The van der Waals surface area contributed by atoms with Gasteiger partial charge in [-0.3, -0.25) is 19.6 Å². The van der Waals surface area contributed by atoms with Crippen LogP contribution in [0.15, 0.2) is 91.0 Å². The SMILES string of the molecule is CCN(CC)P1(=S)c2cc(-c3cccc(C)n3)cc3c2N2c4c(cc(-c5cccc(C)n5)cc4P(C)(=S)c4cc(-c5cccc(C)n5)cc1c42)P3(C)=S. The zero-order valence-electron chi connectivity index (χ0n) is 30.9. The topological polar surface area (TPSA) is 45.2 Å². The van der Waals surface area contributed by atoms with Gasteiger partial charge in [0.2, 0.25) is 0 Å². The molecule has 3 aromatic heterocycles. The van der Waals surface area contributed by atoms with Gasteiger partial charge in [0, 0.05) is 90.8 Å². The Hall–Kier alpha value is -3.18. The minimum atomic E-state index is -2.65. The zero-order valence-corrected chi connectivity index (χ0v) is 36.0. The Morgan fingerprint density at radius 3 is 1.11 bits per heavy atom. The lowest BCUT2D eigenvalue weighted by Gasteiger charge is -2.52. The highest BCUT2D eigenvalue weighted by Gasteiger charge is 2.51. The van der Waals surface area contributed by atoms with Crippen molar-refractivity contribution in [1.82, 2.24) is 19.6 Å². The van der Waals surface area contributed by atoms with Crippen molar-refractivity contribution >= 4 is 103 Å². The number of nitrogens with zero attached hydrogens (tertiary/aromatic N) is 5. The highest BCUT2D eigenvalue weighted by Crippen LogP contribution is 2.66. The fourth-order valence-corrected chi connectivity index (χ4v) is 19.8. The molecule has 0 saturated carbocycles. The molecule has 0 fully saturated rings. The van der Waals surface area contributed by atoms with Crippen LogP contribution in [0.3, 0.4) is 0 Å². The van der Waals surface area contributed by atoms with Crippen molar-refractivity contribution in [2.75, 3.05) is 31.3 Å². The lowest BCUT2D eigenvalue weighted by atomic mass is 10.0. The molecule has 0 N–H and O–H groups in total. The summed E-state index contributed by atoms with van der Waals surface area (Å²) in [5.41, 5.74) is 12.5. The lowest BCUT2D eigenvalue weighted by Crippen LogP contribution is -2.51. The Morgan fingerprint density at radius 1 is 0.509 bits per heavy atom. The molecule has 0 saturated heterocycles. The van der Waals surface area contributed by atoms with Crippen molar-refractivity contribution < 1.29 is 0 Å². The van der Waals surface area contributed by atoms with Gasteiger partial charge in [-0.2, -0.15) is 0 Å². The second kappa shape index (κ2) is 12.4. The molecular weight excluding hydrogens is 764 g/mol.